The van der Waals surface area contributed by atoms with E-state index in [9.17, 15) is 8.42 Å². The summed E-state index contributed by atoms with van der Waals surface area (Å²) in [6.07, 6.45) is 4.19. The molecule has 0 radical (unpaired) electrons. The Hall–Kier alpha value is -0.460. The van der Waals surface area contributed by atoms with Gasteiger partial charge in [-0.1, -0.05) is 0 Å². The van der Waals surface area contributed by atoms with Gasteiger partial charge in [-0.25, -0.2) is 13.4 Å². The second-order valence-corrected chi connectivity index (χ2v) is 7.57. The van der Waals surface area contributed by atoms with Gasteiger partial charge in [-0.3, -0.25) is 0 Å². The summed E-state index contributed by atoms with van der Waals surface area (Å²) in [4.78, 5) is 5.53. The van der Waals surface area contributed by atoms with Crippen molar-refractivity contribution in [2.24, 2.45) is 5.73 Å². The van der Waals surface area contributed by atoms with E-state index in [-0.39, 0.29) is 0 Å². The van der Waals surface area contributed by atoms with Crippen LogP contribution in [0.1, 0.15) is 28.6 Å². The molecule has 0 aromatic carbocycles. The first-order chi connectivity index (χ1) is 7.61. The highest BCUT2D eigenvalue weighted by Gasteiger charge is 2.25. The normalized spacial score (nSPS) is 21.1. The third-order valence-corrected chi connectivity index (χ3v) is 5.82. The molecule has 0 amide bonds. The number of sulfone groups is 1. The summed E-state index contributed by atoms with van der Waals surface area (Å²) in [5, 5.41) is 1.06. The maximum absolute atomic E-state index is 11.3. The lowest BCUT2D eigenvalue weighted by atomic mass is 10.0. The lowest BCUT2D eigenvalue weighted by molar-refractivity contribution is 0.553. The van der Waals surface area contributed by atoms with Crippen molar-refractivity contribution in [2.45, 2.75) is 25.2 Å². The molecule has 16 heavy (non-hydrogen) atoms. The minimum Gasteiger partial charge on any atom is -0.330 e. The number of nitrogens with zero attached hydrogens (tertiary/aromatic N) is 1. The van der Waals surface area contributed by atoms with Crippen molar-refractivity contribution < 1.29 is 8.42 Å². The molecule has 0 spiro atoms. The second-order valence-electron chi connectivity index (χ2n) is 4.12. The summed E-state index contributed by atoms with van der Waals surface area (Å²) >= 11 is 1.68. The van der Waals surface area contributed by atoms with Gasteiger partial charge in [0.05, 0.1) is 16.5 Å². The summed E-state index contributed by atoms with van der Waals surface area (Å²) in [6.45, 7) is 0.617. The van der Waals surface area contributed by atoms with Crippen LogP contribution in [0.15, 0.2) is 6.20 Å². The lowest BCUT2D eigenvalue weighted by Gasteiger charge is -2.20. The Kier molecular flexibility index (Phi) is 3.61. The molecule has 1 aromatic rings. The van der Waals surface area contributed by atoms with Crippen molar-refractivity contribution >= 4 is 21.2 Å². The second kappa shape index (κ2) is 4.81. The molecule has 0 aliphatic carbocycles. The average Bonchev–Trinajstić information content (AvgIpc) is 2.67. The quantitative estimate of drug-likeness (QED) is 0.877. The number of nitrogens with two attached hydrogens (primary N) is 1. The Morgan fingerprint density at radius 3 is 2.75 bits per heavy atom. The molecule has 1 aromatic heterocycles. The molecule has 0 unspecified atom stereocenters. The zero-order valence-corrected chi connectivity index (χ0v) is 10.7. The maximum atomic E-state index is 11.3. The predicted molar refractivity (Wildman–Crippen MR) is 65.5 cm³/mol. The Labute approximate surface area is 99.8 Å². The van der Waals surface area contributed by atoms with Crippen molar-refractivity contribution in [3.8, 4) is 0 Å². The van der Waals surface area contributed by atoms with Crippen LogP contribution in [0.25, 0.3) is 0 Å². The molecule has 4 nitrogen and oxygen atoms in total. The average molecular weight is 260 g/mol. The van der Waals surface area contributed by atoms with E-state index in [0.717, 1.165) is 24.3 Å². The van der Waals surface area contributed by atoms with E-state index >= 15 is 0 Å². The largest absolute Gasteiger partial charge is 0.330 e. The molecule has 0 atom stereocenters. The summed E-state index contributed by atoms with van der Waals surface area (Å²) in [5.74, 6) is 1.02. The molecule has 0 saturated carbocycles. The fraction of sp³-hybridized carbons (Fsp3) is 0.700. The van der Waals surface area contributed by atoms with Gasteiger partial charge in [0.15, 0.2) is 0 Å². The van der Waals surface area contributed by atoms with E-state index in [2.05, 4.69) is 4.98 Å². The van der Waals surface area contributed by atoms with Crippen LogP contribution in [0.4, 0.5) is 0 Å². The first-order valence-corrected chi connectivity index (χ1v) is 8.09. The van der Waals surface area contributed by atoms with Gasteiger partial charge in [0, 0.05) is 17.5 Å². The number of aromatic nitrogens is 1. The van der Waals surface area contributed by atoms with Crippen LogP contribution >= 0.6 is 11.3 Å². The number of hydrogen-bond donors (Lipinski definition) is 1. The van der Waals surface area contributed by atoms with Gasteiger partial charge >= 0.3 is 0 Å². The minimum absolute atomic E-state index is 0.321. The third-order valence-electron chi connectivity index (χ3n) is 2.89. The molecule has 1 aliphatic rings. The number of thiazole rings is 1. The predicted octanol–water partition coefficient (Wildman–Crippen LogP) is 0.936. The van der Waals surface area contributed by atoms with Gasteiger partial charge in [0.2, 0.25) is 0 Å². The van der Waals surface area contributed by atoms with E-state index in [1.165, 1.54) is 4.88 Å². The molecule has 0 bridgehead atoms. The molecule has 1 fully saturated rings. The molecular weight excluding hydrogens is 244 g/mol. The first-order valence-electron chi connectivity index (χ1n) is 5.46. The van der Waals surface area contributed by atoms with Gasteiger partial charge < -0.3 is 5.73 Å². The Morgan fingerprint density at radius 1 is 1.44 bits per heavy atom. The highest BCUT2D eigenvalue weighted by molar-refractivity contribution is 7.91. The fourth-order valence-corrected chi connectivity index (χ4v) is 4.52. The molecule has 2 N–H and O–H groups in total. The van der Waals surface area contributed by atoms with Crippen molar-refractivity contribution in [3.05, 3.63) is 16.1 Å². The SMILES string of the molecule is NCCc1ncc(C2CCS(=O)(=O)CC2)s1. The van der Waals surface area contributed by atoms with Gasteiger partial charge in [0.25, 0.3) is 0 Å². The van der Waals surface area contributed by atoms with Crippen LogP contribution in [0, 0.1) is 0 Å². The van der Waals surface area contributed by atoms with Crippen molar-refractivity contribution in [2.75, 3.05) is 18.1 Å². The van der Waals surface area contributed by atoms with E-state index in [1.807, 2.05) is 6.20 Å². The highest BCUT2D eigenvalue weighted by atomic mass is 32.2. The van der Waals surface area contributed by atoms with Crippen molar-refractivity contribution in [1.29, 1.82) is 0 Å². The molecule has 2 rings (SSSR count). The zero-order valence-electron chi connectivity index (χ0n) is 9.05. The summed E-state index contributed by atoms with van der Waals surface area (Å²) in [5.41, 5.74) is 5.47. The van der Waals surface area contributed by atoms with Crippen molar-refractivity contribution in [3.63, 3.8) is 0 Å². The lowest BCUT2D eigenvalue weighted by Crippen LogP contribution is -2.21. The molecular formula is C10H16N2O2S2. The molecule has 2 heterocycles. The van der Waals surface area contributed by atoms with E-state index in [4.69, 9.17) is 5.73 Å². The fourth-order valence-electron chi connectivity index (χ4n) is 1.93. The van der Waals surface area contributed by atoms with Crippen LogP contribution in [0.3, 0.4) is 0 Å². The van der Waals surface area contributed by atoms with E-state index in [1.54, 1.807) is 11.3 Å². The monoisotopic (exact) mass is 260 g/mol. The third kappa shape index (κ3) is 2.81. The topological polar surface area (TPSA) is 73.0 Å². The zero-order chi connectivity index (χ0) is 11.6. The minimum atomic E-state index is -2.76. The van der Waals surface area contributed by atoms with Crippen LogP contribution < -0.4 is 5.73 Å². The van der Waals surface area contributed by atoms with Gasteiger partial charge in [0.1, 0.15) is 9.84 Å². The van der Waals surface area contributed by atoms with E-state index < -0.39 is 9.84 Å². The standard InChI is InChI=1S/C10H16N2O2S2/c11-4-1-10-12-7-9(15-10)8-2-5-16(13,14)6-3-8/h7-8H,1-6,11H2. The smallest absolute Gasteiger partial charge is 0.150 e. The Balaban J connectivity index is 2.02. The van der Waals surface area contributed by atoms with Gasteiger partial charge in [-0.05, 0) is 25.3 Å². The van der Waals surface area contributed by atoms with Crippen LogP contribution in [-0.4, -0.2) is 31.5 Å². The molecule has 90 valence electrons. The van der Waals surface area contributed by atoms with Gasteiger partial charge in [-0.15, -0.1) is 11.3 Å². The highest BCUT2D eigenvalue weighted by Crippen LogP contribution is 2.32. The Morgan fingerprint density at radius 2 is 2.12 bits per heavy atom. The maximum Gasteiger partial charge on any atom is 0.150 e. The number of hydrogen-bond acceptors (Lipinski definition) is 5. The number of rotatable bonds is 3. The van der Waals surface area contributed by atoms with Crippen molar-refractivity contribution in [1.82, 2.24) is 4.98 Å². The first kappa shape index (κ1) is 12.0. The van der Waals surface area contributed by atoms with Crippen LogP contribution in [-0.2, 0) is 16.3 Å². The van der Waals surface area contributed by atoms with E-state index in [0.29, 0.717) is 24.0 Å². The summed E-state index contributed by atoms with van der Waals surface area (Å²) in [6, 6.07) is 0. The van der Waals surface area contributed by atoms with Crippen LogP contribution in [0.5, 0.6) is 0 Å². The molecule has 6 heteroatoms. The summed E-state index contributed by atoms with van der Waals surface area (Å²) < 4.78 is 22.6. The molecule has 1 aliphatic heterocycles. The molecule has 1 saturated heterocycles. The Bertz CT molecular complexity index is 439. The summed E-state index contributed by atoms with van der Waals surface area (Å²) in [7, 11) is -2.76. The van der Waals surface area contributed by atoms with Gasteiger partial charge in [-0.2, -0.15) is 0 Å². The van der Waals surface area contributed by atoms with Crippen LogP contribution in [0.2, 0.25) is 0 Å².